The summed E-state index contributed by atoms with van der Waals surface area (Å²) in [4.78, 5) is 25.2. The SMILES string of the molecule is Cn1c(-c2cccc([N+](=O)[O-])c2)cnc1-c1cccc([N+](=O)[O-])c1. The molecule has 8 nitrogen and oxygen atoms in total. The topological polar surface area (TPSA) is 104 Å². The second-order valence-electron chi connectivity index (χ2n) is 5.14. The molecule has 0 N–H and O–H groups in total. The van der Waals surface area contributed by atoms with Crippen LogP contribution in [0.2, 0.25) is 0 Å². The van der Waals surface area contributed by atoms with E-state index in [0.29, 0.717) is 22.6 Å². The van der Waals surface area contributed by atoms with Crippen molar-refractivity contribution in [2.75, 3.05) is 0 Å². The largest absolute Gasteiger partial charge is 0.327 e. The van der Waals surface area contributed by atoms with E-state index in [4.69, 9.17) is 0 Å². The minimum atomic E-state index is -0.464. The van der Waals surface area contributed by atoms with E-state index in [9.17, 15) is 20.2 Å². The van der Waals surface area contributed by atoms with Crippen molar-refractivity contribution < 1.29 is 9.85 Å². The first-order valence-corrected chi connectivity index (χ1v) is 6.99. The molecule has 0 atom stereocenters. The van der Waals surface area contributed by atoms with Crippen LogP contribution in [0.15, 0.2) is 54.7 Å². The molecule has 0 amide bonds. The first-order chi connectivity index (χ1) is 11.5. The van der Waals surface area contributed by atoms with Crippen molar-refractivity contribution >= 4 is 11.4 Å². The second kappa shape index (κ2) is 5.92. The zero-order valence-electron chi connectivity index (χ0n) is 12.6. The van der Waals surface area contributed by atoms with Crippen LogP contribution in [-0.2, 0) is 7.05 Å². The Bertz CT molecular complexity index is 874. The number of nitrogens with zero attached hydrogens (tertiary/aromatic N) is 4. The lowest BCUT2D eigenvalue weighted by Crippen LogP contribution is -1.97. The molecule has 1 aromatic heterocycles. The van der Waals surface area contributed by atoms with Gasteiger partial charge in [-0.05, 0) is 0 Å². The van der Waals surface area contributed by atoms with Crippen LogP contribution >= 0.6 is 0 Å². The normalized spacial score (nSPS) is 10.5. The van der Waals surface area contributed by atoms with Gasteiger partial charge in [-0.15, -0.1) is 0 Å². The molecule has 0 aliphatic rings. The van der Waals surface area contributed by atoms with Crippen LogP contribution in [0.5, 0.6) is 0 Å². The second-order valence-corrected chi connectivity index (χ2v) is 5.14. The standard InChI is InChI=1S/C16H12N4O4/c1-18-15(11-4-2-6-13(8-11)19(21)22)10-17-16(18)12-5-3-7-14(9-12)20(23)24/h2-10H,1H3. The van der Waals surface area contributed by atoms with Gasteiger partial charge in [-0.3, -0.25) is 20.2 Å². The predicted octanol–water partition coefficient (Wildman–Crippen LogP) is 3.57. The van der Waals surface area contributed by atoms with Gasteiger partial charge in [-0.25, -0.2) is 4.98 Å². The van der Waals surface area contributed by atoms with Gasteiger partial charge >= 0.3 is 0 Å². The fraction of sp³-hybridized carbons (Fsp3) is 0.0625. The molecule has 0 saturated heterocycles. The number of hydrogen-bond acceptors (Lipinski definition) is 5. The summed E-state index contributed by atoms with van der Waals surface area (Å²) in [5.74, 6) is 0.542. The molecule has 0 saturated carbocycles. The first-order valence-electron chi connectivity index (χ1n) is 6.99. The zero-order valence-corrected chi connectivity index (χ0v) is 12.6. The fourth-order valence-corrected chi connectivity index (χ4v) is 2.48. The van der Waals surface area contributed by atoms with Gasteiger partial charge in [0.2, 0.25) is 0 Å². The van der Waals surface area contributed by atoms with Crippen LogP contribution in [0, 0.1) is 20.2 Å². The van der Waals surface area contributed by atoms with Crippen LogP contribution in [0.4, 0.5) is 11.4 Å². The van der Waals surface area contributed by atoms with E-state index in [1.165, 1.54) is 24.3 Å². The van der Waals surface area contributed by atoms with Crippen LogP contribution in [0.3, 0.4) is 0 Å². The Labute approximate surface area is 136 Å². The zero-order chi connectivity index (χ0) is 17.3. The minimum absolute atomic E-state index is 0.00870. The lowest BCUT2D eigenvalue weighted by molar-refractivity contribution is -0.385. The number of benzene rings is 2. The summed E-state index contributed by atoms with van der Waals surface area (Å²) >= 11 is 0. The van der Waals surface area contributed by atoms with E-state index < -0.39 is 9.85 Å². The van der Waals surface area contributed by atoms with Gasteiger partial charge < -0.3 is 4.57 Å². The van der Waals surface area contributed by atoms with Crippen LogP contribution < -0.4 is 0 Å². The maximum Gasteiger partial charge on any atom is 0.270 e. The Kier molecular flexibility index (Phi) is 3.78. The molecule has 0 aliphatic carbocycles. The van der Waals surface area contributed by atoms with Gasteiger partial charge in [0.05, 0.1) is 21.7 Å². The van der Waals surface area contributed by atoms with Gasteiger partial charge in [0.1, 0.15) is 5.82 Å². The fourth-order valence-electron chi connectivity index (χ4n) is 2.48. The first kappa shape index (κ1) is 15.3. The highest BCUT2D eigenvalue weighted by Crippen LogP contribution is 2.29. The van der Waals surface area contributed by atoms with Crippen molar-refractivity contribution in [3.8, 4) is 22.6 Å². The van der Waals surface area contributed by atoms with Crippen molar-refractivity contribution in [1.29, 1.82) is 0 Å². The molecule has 0 spiro atoms. The number of nitro groups is 2. The quantitative estimate of drug-likeness (QED) is 0.539. The number of rotatable bonds is 4. The van der Waals surface area contributed by atoms with Crippen molar-refractivity contribution in [2.45, 2.75) is 0 Å². The molecule has 0 bridgehead atoms. The predicted molar refractivity (Wildman–Crippen MR) is 87.4 cm³/mol. The van der Waals surface area contributed by atoms with Gasteiger partial charge in [0.25, 0.3) is 11.4 Å². The smallest absolute Gasteiger partial charge is 0.270 e. The number of nitro benzene ring substituents is 2. The molecule has 2 aromatic carbocycles. The highest BCUT2D eigenvalue weighted by molar-refractivity contribution is 5.68. The van der Waals surface area contributed by atoms with Crippen LogP contribution in [0.25, 0.3) is 22.6 Å². The summed E-state index contributed by atoms with van der Waals surface area (Å²) in [7, 11) is 1.76. The highest BCUT2D eigenvalue weighted by Gasteiger charge is 2.15. The number of imidazole rings is 1. The Hall–Kier alpha value is -3.55. The van der Waals surface area contributed by atoms with Gasteiger partial charge in [0, 0.05) is 42.4 Å². The van der Waals surface area contributed by atoms with Gasteiger partial charge in [0.15, 0.2) is 0 Å². The van der Waals surface area contributed by atoms with Crippen LogP contribution in [-0.4, -0.2) is 19.4 Å². The lowest BCUT2D eigenvalue weighted by Gasteiger charge is -2.06. The van der Waals surface area contributed by atoms with Gasteiger partial charge in [-0.2, -0.15) is 0 Å². The average molecular weight is 324 g/mol. The maximum absolute atomic E-state index is 10.9. The molecule has 1 heterocycles. The third-order valence-electron chi connectivity index (χ3n) is 3.66. The van der Waals surface area contributed by atoms with E-state index in [0.717, 1.165) is 0 Å². The molecule has 0 radical (unpaired) electrons. The van der Waals surface area contributed by atoms with E-state index in [1.807, 2.05) is 0 Å². The molecule has 120 valence electrons. The highest BCUT2D eigenvalue weighted by atomic mass is 16.6. The van der Waals surface area contributed by atoms with Gasteiger partial charge in [-0.1, -0.05) is 24.3 Å². The number of non-ortho nitro benzene ring substituents is 2. The van der Waals surface area contributed by atoms with E-state index in [2.05, 4.69) is 4.98 Å². The Morgan fingerprint density at radius 2 is 1.46 bits per heavy atom. The summed E-state index contributed by atoms with van der Waals surface area (Å²) in [6.07, 6.45) is 1.59. The van der Waals surface area contributed by atoms with E-state index >= 15 is 0 Å². The lowest BCUT2D eigenvalue weighted by atomic mass is 10.1. The molecular formula is C16H12N4O4. The Morgan fingerprint density at radius 3 is 2.04 bits per heavy atom. The molecule has 8 heteroatoms. The van der Waals surface area contributed by atoms with E-state index in [1.54, 1.807) is 42.1 Å². The Morgan fingerprint density at radius 1 is 0.917 bits per heavy atom. The van der Waals surface area contributed by atoms with E-state index in [-0.39, 0.29) is 11.4 Å². The molecule has 0 fully saturated rings. The molecule has 0 unspecified atom stereocenters. The summed E-state index contributed by atoms with van der Waals surface area (Å²) in [6.45, 7) is 0. The monoisotopic (exact) mass is 324 g/mol. The summed E-state index contributed by atoms with van der Waals surface area (Å²) in [5.41, 5.74) is 1.90. The van der Waals surface area contributed by atoms with Crippen LogP contribution in [0.1, 0.15) is 0 Å². The average Bonchev–Trinajstić information content (AvgIpc) is 2.96. The summed E-state index contributed by atoms with van der Waals surface area (Å²) < 4.78 is 1.75. The van der Waals surface area contributed by atoms with Crippen molar-refractivity contribution in [3.63, 3.8) is 0 Å². The van der Waals surface area contributed by atoms with Crippen molar-refractivity contribution in [2.24, 2.45) is 7.05 Å². The summed E-state index contributed by atoms with van der Waals surface area (Å²) in [6, 6.07) is 12.4. The summed E-state index contributed by atoms with van der Waals surface area (Å²) in [5, 5.41) is 21.8. The molecular weight excluding hydrogens is 312 g/mol. The van der Waals surface area contributed by atoms with Crippen molar-refractivity contribution in [1.82, 2.24) is 9.55 Å². The molecule has 3 rings (SSSR count). The molecule has 3 aromatic rings. The van der Waals surface area contributed by atoms with Crippen molar-refractivity contribution in [3.05, 3.63) is 75.0 Å². The minimum Gasteiger partial charge on any atom is -0.327 e. The number of aromatic nitrogens is 2. The maximum atomic E-state index is 10.9. The molecule has 0 aliphatic heterocycles. The third kappa shape index (κ3) is 2.72. The Balaban J connectivity index is 2.06. The third-order valence-corrected chi connectivity index (χ3v) is 3.66. The number of hydrogen-bond donors (Lipinski definition) is 0. The molecule has 24 heavy (non-hydrogen) atoms.